The van der Waals surface area contributed by atoms with E-state index in [-0.39, 0.29) is 25.7 Å². The Labute approximate surface area is 177 Å². The number of aliphatic carboxylic acids is 1. The fourth-order valence-corrected chi connectivity index (χ4v) is 3.78. The Bertz CT molecular complexity index is 888. The highest BCUT2D eigenvalue weighted by Gasteiger charge is 2.49. The SMILES string of the molecule is CNC[C@@](COC(C)(C)C)(C(=O)O)C(=O)OCC1c2ccccc2-c2ccccc21. The maximum atomic E-state index is 13.1. The van der Waals surface area contributed by atoms with Crippen molar-refractivity contribution in [3.8, 4) is 11.1 Å². The van der Waals surface area contributed by atoms with Gasteiger partial charge in [0.2, 0.25) is 0 Å². The Morgan fingerprint density at radius 3 is 2.00 bits per heavy atom. The first-order valence-corrected chi connectivity index (χ1v) is 10.1. The Balaban J connectivity index is 1.84. The highest BCUT2D eigenvalue weighted by atomic mass is 16.5. The molecule has 6 nitrogen and oxygen atoms in total. The van der Waals surface area contributed by atoms with Gasteiger partial charge in [-0.05, 0) is 50.1 Å². The molecular weight excluding hydrogens is 382 g/mol. The Morgan fingerprint density at radius 2 is 1.53 bits per heavy atom. The molecule has 0 aromatic heterocycles. The molecule has 0 heterocycles. The van der Waals surface area contributed by atoms with E-state index < -0.39 is 23.0 Å². The molecule has 0 spiro atoms. The molecule has 0 fully saturated rings. The number of ether oxygens (including phenoxy) is 2. The van der Waals surface area contributed by atoms with Crippen LogP contribution < -0.4 is 5.32 Å². The van der Waals surface area contributed by atoms with E-state index in [1.54, 1.807) is 7.05 Å². The molecule has 2 aromatic carbocycles. The number of carbonyl (C=O) groups is 2. The van der Waals surface area contributed by atoms with Gasteiger partial charge in [0.15, 0.2) is 5.41 Å². The average Bonchev–Trinajstić information content (AvgIpc) is 3.02. The molecule has 1 aliphatic rings. The smallest absolute Gasteiger partial charge is 0.327 e. The summed E-state index contributed by atoms with van der Waals surface area (Å²) in [4.78, 5) is 25.2. The van der Waals surface area contributed by atoms with Crippen molar-refractivity contribution in [1.82, 2.24) is 5.32 Å². The molecule has 6 heteroatoms. The van der Waals surface area contributed by atoms with Gasteiger partial charge in [0.25, 0.3) is 0 Å². The summed E-state index contributed by atoms with van der Waals surface area (Å²) in [6, 6.07) is 16.0. The van der Waals surface area contributed by atoms with Crippen molar-refractivity contribution in [3.05, 3.63) is 59.7 Å². The molecule has 0 radical (unpaired) electrons. The lowest BCUT2D eigenvalue weighted by molar-refractivity contribution is -0.177. The first-order chi connectivity index (χ1) is 14.2. The van der Waals surface area contributed by atoms with Crippen molar-refractivity contribution in [2.24, 2.45) is 5.41 Å². The van der Waals surface area contributed by atoms with Gasteiger partial charge in [-0.2, -0.15) is 0 Å². The first kappa shape index (κ1) is 22.0. The summed E-state index contributed by atoms with van der Waals surface area (Å²) in [5.74, 6) is -2.19. The minimum atomic E-state index is -1.82. The van der Waals surface area contributed by atoms with E-state index in [0.717, 1.165) is 22.3 Å². The largest absolute Gasteiger partial charge is 0.480 e. The van der Waals surface area contributed by atoms with E-state index in [2.05, 4.69) is 17.4 Å². The molecule has 0 saturated heterocycles. The number of nitrogens with one attached hydrogen (secondary N) is 1. The van der Waals surface area contributed by atoms with E-state index in [1.165, 1.54) is 0 Å². The fourth-order valence-electron chi connectivity index (χ4n) is 3.78. The summed E-state index contributed by atoms with van der Waals surface area (Å²) in [6.45, 7) is 5.16. The lowest BCUT2D eigenvalue weighted by Gasteiger charge is -2.31. The second-order valence-corrected chi connectivity index (χ2v) is 8.64. The summed E-state index contributed by atoms with van der Waals surface area (Å²) in [7, 11) is 1.60. The molecule has 0 bridgehead atoms. The maximum absolute atomic E-state index is 13.1. The predicted octanol–water partition coefficient (Wildman–Crippen LogP) is 3.45. The summed E-state index contributed by atoms with van der Waals surface area (Å²) >= 11 is 0. The van der Waals surface area contributed by atoms with Crippen molar-refractivity contribution < 1.29 is 24.2 Å². The number of esters is 1. The number of hydrogen-bond donors (Lipinski definition) is 2. The van der Waals surface area contributed by atoms with Crippen molar-refractivity contribution in [1.29, 1.82) is 0 Å². The minimum Gasteiger partial charge on any atom is -0.480 e. The van der Waals surface area contributed by atoms with Crippen LogP contribution in [0.1, 0.15) is 37.8 Å². The van der Waals surface area contributed by atoms with E-state index in [1.807, 2.05) is 57.2 Å². The van der Waals surface area contributed by atoms with Crippen LogP contribution in [0.4, 0.5) is 0 Å². The Morgan fingerprint density at radius 1 is 1.00 bits per heavy atom. The van der Waals surface area contributed by atoms with Crippen LogP contribution in [0.25, 0.3) is 11.1 Å². The minimum absolute atomic E-state index is 0.0706. The molecule has 2 aromatic rings. The van der Waals surface area contributed by atoms with Gasteiger partial charge in [-0.1, -0.05) is 48.5 Å². The van der Waals surface area contributed by atoms with Gasteiger partial charge in [0, 0.05) is 12.5 Å². The van der Waals surface area contributed by atoms with Crippen LogP contribution in [-0.2, 0) is 19.1 Å². The Hall–Kier alpha value is -2.70. The molecule has 0 amide bonds. The zero-order chi connectivity index (χ0) is 21.9. The molecule has 30 heavy (non-hydrogen) atoms. The first-order valence-electron chi connectivity index (χ1n) is 10.1. The summed E-state index contributed by atoms with van der Waals surface area (Å²) in [5.41, 5.74) is 1.98. The number of rotatable bonds is 8. The van der Waals surface area contributed by atoms with Crippen LogP contribution in [0, 0.1) is 5.41 Å². The van der Waals surface area contributed by atoms with Gasteiger partial charge >= 0.3 is 11.9 Å². The molecular formula is C24H29NO5. The van der Waals surface area contributed by atoms with Gasteiger partial charge in [-0.25, -0.2) is 0 Å². The average molecular weight is 411 g/mol. The third-order valence-electron chi connectivity index (χ3n) is 5.37. The number of hydrogen-bond acceptors (Lipinski definition) is 5. The number of carbonyl (C=O) groups excluding carboxylic acids is 1. The Kier molecular flexibility index (Phi) is 6.29. The molecule has 1 atom stereocenters. The van der Waals surface area contributed by atoms with Crippen molar-refractivity contribution in [2.75, 3.05) is 26.8 Å². The second kappa shape index (κ2) is 8.58. The quantitative estimate of drug-likeness (QED) is 0.511. The lowest BCUT2D eigenvalue weighted by atomic mass is 9.88. The highest BCUT2D eigenvalue weighted by molar-refractivity contribution is 5.99. The molecule has 0 saturated carbocycles. The van der Waals surface area contributed by atoms with Crippen LogP contribution in [-0.4, -0.2) is 49.5 Å². The molecule has 2 N–H and O–H groups in total. The third-order valence-corrected chi connectivity index (χ3v) is 5.37. The molecule has 160 valence electrons. The van der Waals surface area contributed by atoms with E-state index >= 15 is 0 Å². The van der Waals surface area contributed by atoms with E-state index in [9.17, 15) is 14.7 Å². The number of benzene rings is 2. The van der Waals surface area contributed by atoms with Gasteiger partial charge in [-0.3, -0.25) is 9.59 Å². The van der Waals surface area contributed by atoms with Crippen LogP contribution in [0.5, 0.6) is 0 Å². The van der Waals surface area contributed by atoms with Crippen LogP contribution in [0.15, 0.2) is 48.5 Å². The lowest BCUT2D eigenvalue weighted by Crippen LogP contribution is -2.52. The molecule has 1 aliphatic carbocycles. The van der Waals surface area contributed by atoms with E-state index in [4.69, 9.17) is 9.47 Å². The molecule has 3 rings (SSSR count). The van der Waals surface area contributed by atoms with Gasteiger partial charge in [0.05, 0.1) is 12.2 Å². The van der Waals surface area contributed by atoms with Crippen LogP contribution >= 0.6 is 0 Å². The zero-order valence-electron chi connectivity index (χ0n) is 17.9. The van der Waals surface area contributed by atoms with Crippen molar-refractivity contribution in [2.45, 2.75) is 32.3 Å². The standard InChI is InChI=1S/C24H29NO5/c1-23(2,3)30-15-24(14-25-4,21(26)27)22(28)29-13-20-18-11-7-5-9-16(18)17-10-6-8-12-19(17)20/h5-12,20,25H,13-15H2,1-4H3,(H,26,27)/t24-/m1/s1. The zero-order valence-corrected chi connectivity index (χ0v) is 17.9. The summed E-state index contributed by atoms with van der Waals surface area (Å²) in [5, 5.41) is 12.7. The summed E-state index contributed by atoms with van der Waals surface area (Å²) < 4.78 is 11.3. The normalized spacial score (nSPS) is 15.2. The topological polar surface area (TPSA) is 84.9 Å². The van der Waals surface area contributed by atoms with Crippen molar-refractivity contribution in [3.63, 3.8) is 0 Å². The van der Waals surface area contributed by atoms with E-state index in [0.29, 0.717) is 0 Å². The van der Waals surface area contributed by atoms with Gasteiger partial charge < -0.3 is 19.9 Å². The molecule has 0 aliphatic heterocycles. The number of fused-ring (bicyclic) bond motifs is 3. The van der Waals surface area contributed by atoms with Gasteiger partial charge in [-0.15, -0.1) is 0 Å². The highest BCUT2D eigenvalue weighted by Crippen LogP contribution is 2.44. The van der Waals surface area contributed by atoms with Crippen LogP contribution in [0.2, 0.25) is 0 Å². The molecule has 0 unspecified atom stereocenters. The van der Waals surface area contributed by atoms with Crippen molar-refractivity contribution >= 4 is 11.9 Å². The van der Waals surface area contributed by atoms with Crippen LogP contribution in [0.3, 0.4) is 0 Å². The maximum Gasteiger partial charge on any atom is 0.327 e. The second-order valence-electron chi connectivity index (χ2n) is 8.64. The monoisotopic (exact) mass is 411 g/mol. The predicted molar refractivity (Wildman–Crippen MR) is 114 cm³/mol. The fraction of sp³-hybridized carbons (Fsp3) is 0.417. The summed E-state index contributed by atoms with van der Waals surface area (Å²) in [6.07, 6.45) is 0. The third kappa shape index (κ3) is 4.25. The van der Waals surface area contributed by atoms with Gasteiger partial charge in [0.1, 0.15) is 6.61 Å². The number of carboxylic acid groups (broad SMARTS) is 1. The number of carboxylic acids is 1.